The molecule has 0 aliphatic rings. The highest BCUT2D eigenvalue weighted by atomic mass is 35.5. The maximum atomic E-state index is 10.7. The maximum Gasteiger partial charge on any atom is 0.306 e. The van der Waals surface area contributed by atoms with Crippen molar-refractivity contribution in [3.05, 3.63) is 43.5 Å². The van der Waals surface area contributed by atoms with Crippen LogP contribution in [0, 0.1) is 10.1 Å². The molecule has 0 aliphatic carbocycles. The third-order valence-electron chi connectivity index (χ3n) is 2.03. The van der Waals surface area contributed by atoms with E-state index in [-0.39, 0.29) is 15.7 Å². The fourth-order valence-electron chi connectivity index (χ4n) is 1.31. The Morgan fingerprint density at radius 1 is 1.19 bits per heavy atom. The summed E-state index contributed by atoms with van der Waals surface area (Å²) in [5.74, 6) is 0. The lowest BCUT2D eigenvalue weighted by molar-refractivity contribution is -0.384. The van der Waals surface area contributed by atoms with Crippen LogP contribution in [0.15, 0.2) is 18.3 Å². The van der Waals surface area contributed by atoms with Gasteiger partial charge in [-0.3, -0.25) is 10.1 Å². The van der Waals surface area contributed by atoms with E-state index >= 15 is 0 Å². The number of nitrogens with zero attached hydrogens (tertiary/aromatic N) is 2. The number of rotatable bonds is 1. The predicted molar refractivity (Wildman–Crippen MR) is 63.4 cm³/mol. The minimum Gasteiger partial charge on any atom is -0.258 e. The zero-order valence-electron chi connectivity index (χ0n) is 7.58. The van der Waals surface area contributed by atoms with E-state index in [2.05, 4.69) is 4.98 Å². The SMILES string of the molecule is O=[N+]([O-])c1cnc2c(Cl)ccc(Cl)c2c1Cl. The second-order valence-corrected chi connectivity index (χ2v) is 4.16. The molecule has 2 rings (SSSR count). The Morgan fingerprint density at radius 3 is 2.44 bits per heavy atom. The van der Waals surface area contributed by atoms with Gasteiger partial charge in [0.15, 0.2) is 0 Å². The van der Waals surface area contributed by atoms with Gasteiger partial charge in [-0.05, 0) is 12.1 Å². The second-order valence-electron chi connectivity index (χ2n) is 2.97. The summed E-state index contributed by atoms with van der Waals surface area (Å²) in [4.78, 5) is 13.9. The predicted octanol–water partition coefficient (Wildman–Crippen LogP) is 4.10. The van der Waals surface area contributed by atoms with E-state index in [0.717, 1.165) is 6.20 Å². The molecule has 4 nitrogen and oxygen atoms in total. The molecule has 7 heteroatoms. The summed E-state index contributed by atoms with van der Waals surface area (Å²) in [7, 11) is 0. The Labute approximate surface area is 105 Å². The molecule has 82 valence electrons. The lowest BCUT2D eigenvalue weighted by atomic mass is 10.2. The molecule has 0 saturated heterocycles. The first-order chi connectivity index (χ1) is 7.52. The summed E-state index contributed by atoms with van der Waals surface area (Å²) in [6, 6.07) is 3.07. The summed E-state index contributed by atoms with van der Waals surface area (Å²) < 4.78 is 0. The standard InChI is InChI=1S/C9H3Cl3N2O2/c10-4-1-2-5(11)9-7(4)8(12)6(3-13-9)14(15)16/h1-3H. The van der Waals surface area contributed by atoms with Crippen molar-refractivity contribution in [3.8, 4) is 0 Å². The first-order valence-electron chi connectivity index (χ1n) is 4.09. The van der Waals surface area contributed by atoms with Crippen molar-refractivity contribution < 1.29 is 4.92 Å². The van der Waals surface area contributed by atoms with Crippen LogP contribution in [0.3, 0.4) is 0 Å². The number of hydrogen-bond donors (Lipinski definition) is 0. The average molecular weight is 277 g/mol. The summed E-state index contributed by atoms with van der Waals surface area (Å²) in [5.41, 5.74) is 0.0584. The van der Waals surface area contributed by atoms with Gasteiger partial charge in [-0.1, -0.05) is 34.8 Å². The van der Waals surface area contributed by atoms with Crippen LogP contribution in [-0.4, -0.2) is 9.91 Å². The quantitative estimate of drug-likeness (QED) is 0.582. The van der Waals surface area contributed by atoms with Gasteiger partial charge in [0.2, 0.25) is 0 Å². The largest absolute Gasteiger partial charge is 0.306 e. The Morgan fingerprint density at radius 2 is 1.81 bits per heavy atom. The normalized spacial score (nSPS) is 10.7. The lowest BCUT2D eigenvalue weighted by Gasteiger charge is -2.04. The van der Waals surface area contributed by atoms with Gasteiger partial charge in [-0.15, -0.1) is 0 Å². The lowest BCUT2D eigenvalue weighted by Crippen LogP contribution is -1.92. The third kappa shape index (κ3) is 1.69. The summed E-state index contributed by atoms with van der Waals surface area (Å²) >= 11 is 17.7. The highest BCUT2D eigenvalue weighted by Gasteiger charge is 2.19. The summed E-state index contributed by atoms with van der Waals surface area (Å²) in [6.45, 7) is 0. The highest BCUT2D eigenvalue weighted by Crippen LogP contribution is 2.37. The van der Waals surface area contributed by atoms with Gasteiger partial charge in [0.05, 0.1) is 20.5 Å². The molecule has 16 heavy (non-hydrogen) atoms. The van der Waals surface area contributed by atoms with Crippen LogP contribution in [0.4, 0.5) is 5.69 Å². The van der Waals surface area contributed by atoms with E-state index in [1.807, 2.05) is 0 Å². The molecule has 0 radical (unpaired) electrons. The number of fused-ring (bicyclic) bond motifs is 1. The topological polar surface area (TPSA) is 56.0 Å². The van der Waals surface area contributed by atoms with Gasteiger partial charge in [0.25, 0.3) is 0 Å². The number of benzene rings is 1. The number of aromatic nitrogens is 1. The fourth-order valence-corrected chi connectivity index (χ4v) is 2.12. The molecular formula is C9H3Cl3N2O2. The minimum atomic E-state index is -0.619. The van der Waals surface area contributed by atoms with Crippen molar-refractivity contribution in [3.63, 3.8) is 0 Å². The van der Waals surface area contributed by atoms with Crippen LogP contribution in [0.5, 0.6) is 0 Å². The van der Waals surface area contributed by atoms with Crippen molar-refractivity contribution in [1.29, 1.82) is 0 Å². The first kappa shape index (κ1) is 11.4. The highest BCUT2D eigenvalue weighted by molar-refractivity contribution is 6.45. The molecule has 1 aromatic carbocycles. The van der Waals surface area contributed by atoms with Crippen LogP contribution in [0.25, 0.3) is 10.9 Å². The van der Waals surface area contributed by atoms with Crippen molar-refractivity contribution >= 4 is 51.4 Å². The fraction of sp³-hybridized carbons (Fsp3) is 0. The van der Waals surface area contributed by atoms with Crippen LogP contribution < -0.4 is 0 Å². The Bertz CT molecular complexity index is 601. The van der Waals surface area contributed by atoms with Crippen LogP contribution >= 0.6 is 34.8 Å². The molecule has 0 atom stereocenters. The summed E-state index contributed by atoms with van der Waals surface area (Å²) in [6.07, 6.45) is 1.06. The Hall–Kier alpha value is -1.10. The zero-order chi connectivity index (χ0) is 11.9. The molecule has 0 fully saturated rings. The van der Waals surface area contributed by atoms with Gasteiger partial charge < -0.3 is 0 Å². The van der Waals surface area contributed by atoms with Crippen LogP contribution in [-0.2, 0) is 0 Å². The molecule has 2 aromatic rings. The van der Waals surface area contributed by atoms with Gasteiger partial charge in [0.1, 0.15) is 11.2 Å². The van der Waals surface area contributed by atoms with E-state index in [1.165, 1.54) is 6.07 Å². The van der Waals surface area contributed by atoms with Crippen LogP contribution in [0.1, 0.15) is 0 Å². The van der Waals surface area contributed by atoms with E-state index in [4.69, 9.17) is 34.8 Å². The molecule has 0 spiro atoms. The molecule has 0 aliphatic heterocycles. The van der Waals surface area contributed by atoms with E-state index in [1.54, 1.807) is 6.07 Å². The maximum absolute atomic E-state index is 10.7. The Balaban J connectivity index is 2.94. The Kier molecular flexibility index (Phi) is 2.88. The van der Waals surface area contributed by atoms with Gasteiger partial charge in [-0.25, -0.2) is 4.98 Å². The number of hydrogen-bond acceptors (Lipinski definition) is 3. The zero-order valence-corrected chi connectivity index (χ0v) is 9.84. The molecule has 1 aromatic heterocycles. The first-order valence-corrected chi connectivity index (χ1v) is 5.22. The molecular weight excluding hydrogens is 274 g/mol. The molecule has 1 heterocycles. The monoisotopic (exact) mass is 276 g/mol. The van der Waals surface area contributed by atoms with Crippen molar-refractivity contribution in [2.75, 3.05) is 0 Å². The second kappa shape index (κ2) is 4.05. The molecule has 0 bridgehead atoms. The average Bonchev–Trinajstić information content (AvgIpc) is 2.23. The van der Waals surface area contributed by atoms with E-state index in [0.29, 0.717) is 15.9 Å². The minimum absolute atomic E-state index is 0.0532. The van der Waals surface area contributed by atoms with E-state index in [9.17, 15) is 10.1 Å². The number of pyridine rings is 1. The smallest absolute Gasteiger partial charge is 0.258 e. The van der Waals surface area contributed by atoms with Gasteiger partial charge >= 0.3 is 5.69 Å². The number of halogens is 3. The van der Waals surface area contributed by atoms with Gasteiger partial charge in [0, 0.05) is 5.39 Å². The third-order valence-corrected chi connectivity index (χ3v) is 3.04. The molecule has 0 N–H and O–H groups in total. The van der Waals surface area contributed by atoms with Gasteiger partial charge in [-0.2, -0.15) is 0 Å². The molecule has 0 unspecified atom stereocenters. The van der Waals surface area contributed by atoms with Crippen LogP contribution in [0.2, 0.25) is 15.1 Å². The van der Waals surface area contributed by atoms with E-state index < -0.39 is 4.92 Å². The molecule has 0 saturated carbocycles. The summed E-state index contributed by atoms with van der Waals surface area (Å²) in [5, 5.41) is 11.5. The molecule has 0 amide bonds. The van der Waals surface area contributed by atoms with Crippen molar-refractivity contribution in [2.24, 2.45) is 0 Å². The van der Waals surface area contributed by atoms with Crippen molar-refractivity contribution in [2.45, 2.75) is 0 Å². The number of nitro groups is 1. The van der Waals surface area contributed by atoms with Crippen molar-refractivity contribution in [1.82, 2.24) is 4.98 Å².